The van der Waals surface area contributed by atoms with E-state index in [0.717, 1.165) is 16.9 Å². The summed E-state index contributed by atoms with van der Waals surface area (Å²) in [5, 5.41) is 12.8. The third-order valence-electron chi connectivity index (χ3n) is 2.73. The Hall–Kier alpha value is -2.81. The van der Waals surface area contributed by atoms with Crippen LogP contribution in [0.2, 0.25) is 0 Å². The van der Waals surface area contributed by atoms with Gasteiger partial charge in [-0.2, -0.15) is 5.26 Å². The van der Waals surface area contributed by atoms with Crippen LogP contribution in [0.25, 0.3) is 11.0 Å². The minimum atomic E-state index is 0.308. The van der Waals surface area contributed by atoms with Crippen molar-refractivity contribution in [3.8, 4) is 6.07 Å². The number of nitrogens with zero attached hydrogens (tertiary/aromatic N) is 3. The van der Waals surface area contributed by atoms with E-state index in [4.69, 9.17) is 9.68 Å². The van der Waals surface area contributed by atoms with Crippen molar-refractivity contribution < 1.29 is 4.42 Å². The first kappa shape index (κ1) is 11.3. The fraction of sp³-hybridized carbons (Fsp3) is 0.154. The van der Waals surface area contributed by atoms with Crippen molar-refractivity contribution in [2.45, 2.75) is 13.5 Å². The second-order valence-electron chi connectivity index (χ2n) is 4.09. The van der Waals surface area contributed by atoms with Crippen LogP contribution in [0.5, 0.6) is 0 Å². The minimum Gasteiger partial charge on any atom is -0.449 e. The van der Waals surface area contributed by atoms with Crippen LogP contribution >= 0.6 is 0 Å². The number of rotatable bonds is 3. The number of aromatic amines is 1. The molecule has 6 nitrogen and oxygen atoms in total. The zero-order valence-corrected chi connectivity index (χ0v) is 10.3. The van der Waals surface area contributed by atoms with E-state index in [9.17, 15) is 0 Å². The van der Waals surface area contributed by atoms with Crippen LogP contribution < -0.4 is 5.32 Å². The lowest BCUT2D eigenvalue weighted by atomic mass is 10.3. The predicted molar refractivity (Wildman–Crippen MR) is 69.4 cm³/mol. The van der Waals surface area contributed by atoms with Crippen molar-refractivity contribution in [1.82, 2.24) is 15.0 Å². The second-order valence-corrected chi connectivity index (χ2v) is 4.09. The molecular formula is C13H11N5O. The summed E-state index contributed by atoms with van der Waals surface area (Å²) in [6, 6.07) is 7.29. The largest absolute Gasteiger partial charge is 0.449 e. The Kier molecular flexibility index (Phi) is 2.65. The third kappa shape index (κ3) is 2.13. The lowest BCUT2D eigenvalue weighted by Gasteiger charge is -2.05. The van der Waals surface area contributed by atoms with Crippen molar-refractivity contribution in [1.29, 1.82) is 5.26 Å². The maximum absolute atomic E-state index is 8.70. The third-order valence-corrected chi connectivity index (χ3v) is 2.73. The van der Waals surface area contributed by atoms with Gasteiger partial charge >= 0.3 is 0 Å². The van der Waals surface area contributed by atoms with E-state index in [2.05, 4.69) is 20.3 Å². The lowest BCUT2D eigenvalue weighted by Crippen LogP contribution is -2.03. The van der Waals surface area contributed by atoms with Crippen LogP contribution in [0, 0.1) is 18.3 Å². The Morgan fingerprint density at radius 3 is 3.05 bits per heavy atom. The maximum atomic E-state index is 8.70. The fourth-order valence-corrected chi connectivity index (χ4v) is 1.89. The number of nitriles is 1. The highest BCUT2D eigenvalue weighted by molar-refractivity contribution is 5.86. The molecule has 0 aliphatic rings. The topological polar surface area (TPSA) is 90.5 Å². The Bertz CT molecular complexity index is 765. The summed E-state index contributed by atoms with van der Waals surface area (Å²) < 4.78 is 5.30. The molecule has 0 amide bonds. The van der Waals surface area contributed by atoms with E-state index in [1.54, 1.807) is 12.1 Å². The second kappa shape index (κ2) is 4.46. The monoisotopic (exact) mass is 253 g/mol. The van der Waals surface area contributed by atoms with Crippen molar-refractivity contribution in [2.75, 3.05) is 5.32 Å². The van der Waals surface area contributed by atoms with Gasteiger partial charge in [-0.05, 0) is 25.1 Å². The van der Waals surface area contributed by atoms with E-state index in [1.165, 1.54) is 0 Å². The van der Waals surface area contributed by atoms with E-state index >= 15 is 0 Å². The smallest absolute Gasteiger partial charge is 0.203 e. The van der Waals surface area contributed by atoms with Gasteiger partial charge in [-0.3, -0.25) is 0 Å². The molecular weight excluding hydrogens is 242 g/mol. The van der Waals surface area contributed by atoms with Gasteiger partial charge in [0.05, 0.1) is 11.9 Å². The molecule has 0 bridgehead atoms. The number of hydrogen-bond acceptors (Lipinski definition) is 5. The summed E-state index contributed by atoms with van der Waals surface area (Å²) in [4.78, 5) is 11.7. The standard InChI is InChI=1S/C13H11N5O/c1-8-17-12-11(4-5-15-12)13(18-8)16-7-10-3-2-9(6-14)19-10/h2-5H,7H2,1H3,(H2,15,16,17,18). The van der Waals surface area contributed by atoms with E-state index in [-0.39, 0.29) is 0 Å². The molecule has 0 saturated heterocycles. The van der Waals surface area contributed by atoms with Gasteiger partial charge in [0.2, 0.25) is 5.76 Å². The van der Waals surface area contributed by atoms with E-state index < -0.39 is 0 Å². The molecule has 0 atom stereocenters. The van der Waals surface area contributed by atoms with Gasteiger partial charge in [0.25, 0.3) is 0 Å². The van der Waals surface area contributed by atoms with Gasteiger partial charge in [-0.15, -0.1) is 0 Å². The zero-order valence-electron chi connectivity index (χ0n) is 10.3. The van der Waals surface area contributed by atoms with Gasteiger partial charge in [0.15, 0.2) is 0 Å². The van der Waals surface area contributed by atoms with Crippen molar-refractivity contribution in [3.05, 3.63) is 41.7 Å². The molecule has 3 heterocycles. The van der Waals surface area contributed by atoms with Gasteiger partial charge < -0.3 is 14.7 Å². The highest BCUT2D eigenvalue weighted by atomic mass is 16.3. The summed E-state index contributed by atoms with van der Waals surface area (Å²) >= 11 is 0. The Morgan fingerprint density at radius 2 is 2.26 bits per heavy atom. The van der Waals surface area contributed by atoms with Gasteiger partial charge in [0.1, 0.15) is 29.1 Å². The van der Waals surface area contributed by atoms with Crippen LogP contribution in [-0.4, -0.2) is 15.0 Å². The SMILES string of the molecule is Cc1nc(NCc2ccc(C#N)o2)c2cc[nH]c2n1. The number of furan rings is 1. The lowest BCUT2D eigenvalue weighted by molar-refractivity contribution is 0.506. The van der Waals surface area contributed by atoms with Crippen LogP contribution in [0.3, 0.4) is 0 Å². The number of aromatic nitrogens is 3. The minimum absolute atomic E-state index is 0.308. The Morgan fingerprint density at radius 1 is 1.37 bits per heavy atom. The Balaban J connectivity index is 1.85. The number of nitrogens with one attached hydrogen (secondary N) is 2. The predicted octanol–water partition coefficient (Wildman–Crippen LogP) is 2.34. The number of anilines is 1. The molecule has 6 heteroatoms. The summed E-state index contributed by atoms with van der Waals surface area (Å²) in [5.41, 5.74) is 0.798. The first-order valence-corrected chi connectivity index (χ1v) is 5.80. The Labute approximate surface area is 109 Å². The molecule has 0 unspecified atom stereocenters. The molecule has 94 valence electrons. The molecule has 19 heavy (non-hydrogen) atoms. The first-order chi connectivity index (χ1) is 9.26. The molecule has 0 aliphatic carbocycles. The van der Waals surface area contributed by atoms with E-state index in [0.29, 0.717) is 23.9 Å². The highest BCUT2D eigenvalue weighted by Gasteiger charge is 2.07. The fourth-order valence-electron chi connectivity index (χ4n) is 1.89. The number of H-pyrrole nitrogens is 1. The average Bonchev–Trinajstić information content (AvgIpc) is 3.03. The summed E-state index contributed by atoms with van der Waals surface area (Å²) in [6.07, 6.45) is 1.82. The van der Waals surface area contributed by atoms with Crippen molar-refractivity contribution in [2.24, 2.45) is 0 Å². The molecule has 0 saturated carbocycles. The van der Waals surface area contributed by atoms with Gasteiger partial charge in [-0.25, -0.2) is 9.97 Å². The maximum Gasteiger partial charge on any atom is 0.203 e. The number of hydrogen-bond donors (Lipinski definition) is 2. The zero-order chi connectivity index (χ0) is 13.2. The average molecular weight is 253 g/mol. The normalized spacial score (nSPS) is 10.5. The van der Waals surface area contributed by atoms with Crippen molar-refractivity contribution >= 4 is 16.9 Å². The molecule has 3 aromatic rings. The van der Waals surface area contributed by atoms with Crippen molar-refractivity contribution in [3.63, 3.8) is 0 Å². The van der Waals surface area contributed by atoms with Crippen LogP contribution in [-0.2, 0) is 6.54 Å². The molecule has 0 aromatic carbocycles. The number of aryl methyl sites for hydroxylation is 1. The van der Waals surface area contributed by atoms with Crippen LogP contribution in [0.1, 0.15) is 17.3 Å². The summed E-state index contributed by atoms with van der Waals surface area (Å²) in [6.45, 7) is 2.31. The highest BCUT2D eigenvalue weighted by Crippen LogP contribution is 2.20. The molecule has 0 aliphatic heterocycles. The van der Waals surface area contributed by atoms with Gasteiger partial charge in [-0.1, -0.05) is 0 Å². The quantitative estimate of drug-likeness (QED) is 0.747. The van der Waals surface area contributed by atoms with Crippen LogP contribution in [0.4, 0.5) is 5.82 Å². The molecule has 0 spiro atoms. The summed E-state index contributed by atoms with van der Waals surface area (Å²) in [5.74, 6) is 2.44. The number of fused-ring (bicyclic) bond motifs is 1. The molecule has 3 aromatic heterocycles. The molecule has 2 N–H and O–H groups in total. The first-order valence-electron chi connectivity index (χ1n) is 5.80. The summed E-state index contributed by atoms with van der Waals surface area (Å²) in [7, 11) is 0. The molecule has 3 rings (SSSR count). The molecule has 0 fully saturated rings. The van der Waals surface area contributed by atoms with E-state index in [1.807, 2.05) is 25.3 Å². The van der Waals surface area contributed by atoms with Gasteiger partial charge in [0, 0.05) is 6.20 Å². The van der Waals surface area contributed by atoms with Crippen LogP contribution in [0.15, 0.2) is 28.8 Å². The molecule has 0 radical (unpaired) electrons.